The number of hydrogen-bond donors (Lipinski definition) is 2. The third kappa shape index (κ3) is 6.87. The molecule has 0 aliphatic carbocycles. The largest absolute Gasteiger partial charge is 0.495 e. The van der Waals surface area contributed by atoms with E-state index in [2.05, 4.69) is 10.3 Å². The lowest BCUT2D eigenvalue weighted by molar-refractivity contribution is -0.127. The second-order valence-corrected chi connectivity index (χ2v) is 10.8. The summed E-state index contributed by atoms with van der Waals surface area (Å²) in [5.74, 6) is -1.89. The van der Waals surface area contributed by atoms with Gasteiger partial charge >= 0.3 is 0 Å². The fourth-order valence-electron chi connectivity index (χ4n) is 4.42. The second kappa shape index (κ2) is 13.5. The summed E-state index contributed by atoms with van der Waals surface area (Å²) in [4.78, 5) is 30.7. The van der Waals surface area contributed by atoms with E-state index in [1.54, 1.807) is 36.5 Å². The molecule has 1 atom stereocenters. The first kappa shape index (κ1) is 29.8. The highest BCUT2D eigenvalue weighted by molar-refractivity contribution is 7.22. The van der Waals surface area contributed by atoms with Crippen LogP contribution in [0.5, 0.6) is 23.0 Å². The summed E-state index contributed by atoms with van der Waals surface area (Å²) >= 11 is 7.19. The molecule has 0 bridgehead atoms. The van der Waals surface area contributed by atoms with Crippen LogP contribution in [0.15, 0.2) is 85.1 Å². The fourth-order valence-corrected chi connectivity index (χ4v) is 5.59. The lowest BCUT2D eigenvalue weighted by atomic mass is 9.97. The van der Waals surface area contributed by atoms with Gasteiger partial charge in [0.1, 0.15) is 23.2 Å². The van der Waals surface area contributed by atoms with Crippen LogP contribution in [0.1, 0.15) is 17.9 Å². The van der Waals surface area contributed by atoms with Gasteiger partial charge in [0.15, 0.2) is 11.6 Å². The van der Waals surface area contributed by atoms with E-state index in [-0.39, 0.29) is 11.3 Å². The molecule has 5 aromatic rings. The number of carbonyl (C=O) groups excluding carboxylic acids is 2. The molecule has 2 amide bonds. The molecule has 1 unspecified atom stereocenters. The number of alkyl halides is 1. The maximum atomic E-state index is 15.3. The molecular weight excluding hydrogens is 593 g/mol. The van der Waals surface area contributed by atoms with Gasteiger partial charge in [-0.15, -0.1) is 22.9 Å². The Bertz CT molecular complexity index is 1780. The average molecular weight is 620 g/mol. The van der Waals surface area contributed by atoms with E-state index in [0.29, 0.717) is 35.2 Å². The minimum atomic E-state index is -1.45. The number of benzene rings is 3. The number of fused-ring (bicyclic) bond motifs is 1. The van der Waals surface area contributed by atoms with E-state index in [9.17, 15) is 9.59 Å². The fraction of sp³-hybridized carbons (Fsp3) is 0.156. The third-order valence-corrected chi connectivity index (χ3v) is 7.92. The van der Waals surface area contributed by atoms with Crippen LogP contribution in [0.3, 0.4) is 0 Å². The number of carbonyl (C=O) groups is 2. The van der Waals surface area contributed by atoms with Crippen molar-refractivity contribution in [2.24, 2.45) is 5.73 Å². The first-order valence-corrected chi connectivity index (χ1v) is 14.6. The van der Waals surface area contributed by atoms with Crippen molar-refractivity contribution in [3.05, 3.63) is 96.4 Å². The number of ether oxygens (including phenoxy) is 3. The number of nitrogens with one attached hydrogen (secondary N) is 1. The Hall–Kier alpha value is -4.67. The first-order valence-electron chi connectivity index (χ1n) is 13.3. The normalized spacial score (nSPS) is 11.6. The van der Waals surface area contributed by atoms with Crippen molar-refractivity contribution >= 4 is 50.7 Å². The molecule has 3 N–H and O–H groups in total. The second-order valence-electron chi connectivity index (χ2n) is 9.37. The maximum Gasteiger partial charge on any atom is 0.241 e. The van der Waals surface area contributed by atoms with Gasteiger partial charge in [0.25, 0.3) is 0 Å². The van der Waals surface area contributed by atoms with Crippen molar-refractivity contribution in [1.82, 2.24) is 4.98 Å². The molecule has 2 heterocycles. The summed E-state index contributed by atoms with van der Waals surface area (Å²) in [6.07, 6.45) is 2.33. The molecule has 0 saturated carbocycles. The molecule has 0 radical (unpaired) electrons. The van der Waals surface area contributed by atoms with Crippen LogP contribution >= 0.6 is 22.9 Å². The summed E-state index contributed by atoms with van der Waals surface area (Å²) in [6.45, 7) is 0.524. The lowest BCUT2D eigenvalue weighted by Gasteiger charge is -2.16. The van der Waals surface area contributed by atoms with Gasteiger partial charge in [-0.3, -0.25) is 14.6 Å². The van der Waals surface area contributed by atoms with E-state index in [4.69, 9.17) is 31.5 Å². The number of amides is 2. The van der Waals surface area contributed by atoms with Gasteiger partial charge < -0.3 is 25.3 Å². The Kier molecular flexibility index (Phi) is 9.38. The quantitative estimate of drug-likeness (QED) is 0.0873. The van der Waals surface area contributed by atoms with Gasteiger partial charge in [0, 0.05) is 23.0 Å². The summed E-state index contributed by atoms with van der Waals surface area (Å²) in [5, 5.41) is 2.63. The molecule has 0 saturated heterocycles. The molecule has 5 rings (SSSR count). The maximum absolute atomic E-state index is 15.3. The van der Waals surface area contributed by atoms with Crippen LogP contribution in [-0.4, -0.2) is 36.4 Å². The summed E-state index contributed by atoms with van der Waals surface area (Å²) < 4.78 is 33.1. The number of aromatic nitrogens is 1. The Labute approximate surface area is 256 Å². The van der Waals surface area contributed by atoms with Gasteiger partial charge in [-0.05, 0) is 60.0 Å². The van der Waals surface area contributed by atoms with Gasteiger partial charge in [0.2, 0.25) is 11.8 Å². The molecule has 11 heteroatoms. The standard InChI is InChI=1S/C32H27ClFN3O5S/c1-40-26-9-3-2-8-23(26)37-32(39)29(31(35)38)20-10-11-25(22(34)17-20)42-27-12-14-36-24-18-28(43-30(24)27)19-6-4-7-21(16-19)41-15-5-13-33/h2-4,6-12,14,16-18,29H,5,13,15H2,1H3,(H2,35,38)(H,37,39). The highest BCUT2D eigenvalue weighted by Gasteiger charge is 2.28. The molecule has 0 spiro atoms. The Morgan fingerprint density at radius 3 is 2.63 bits per heavy atom. The molecule has 0 aliphatic heterocycles. The van der Waals surface area contributed by atoms with Gasteiger partial charge in [-0.1, -0.05) is 30.3 Å². The molecule has 0 fully saturated rings. The monoisotopic (exact) mass is 619 g/mol. The molecule has 3 aromatic carbocycles. The van der Waals surface area contributed by atoms with E-state index < -0.39 is 23.5 Å². The minimum Gasteiger partial charge on any atom is -0.495 e. The SMILES string of the molecule is COc1ccccc1NC(=O)C(C(N)=O)c1ccc(Oc2ccnc3cc(-c4cccc(OCCCCl)c4)sc23)c(F)c1. The van der Waals surface area contributed by atoms with Gasteiger partial charge in [0.05, 0.1) is 29.6 Å². The number of nitrogens with two attached hydrogens (primary N) is 1. The summed E-state index contributed by atoms with van der Waals surface area (Å²) in [6, 6.07) is 21.9. The van der Waals surface area contributed by atoms with E-state index in [1.807, 2.05) is 30.3 Å². The zero-order valence-corrected chi connectivity index (χ0v) is 24.6. The molecule has 220 valence electrons. The van der Waals surface area contributed by atoms with Crippen molar-refractivity contribution in [2.75, 3.05) is 24.9 Å². The molecular formula is C32H27ClFN3O5S. The van der Waals surface area contributed by atoms with Crippen LogP contribution in [-0.2, 0) is 9.59 Å². The minimum absolute atomic E-state index is 0.0798. The number of primary amides is 1. The zero-order chi connectivity index (χ0) is 30.3. The highest BCUT2D eigenvalue weighted by atomic mass is 35.5. The predicted molar refractivity (Wildman–Crippen MR) is 166 cm³/mol. The number of para-hydroxylation sites is 2. The van der Waals surface area contributed by atoms with E-state index in [0.717, 1.165) is 33.4 Å². The Morgan fingerprint density at radius 1 is 1.02 bits per heavy atom. The van der Waals surface area contributed by atoms with Crippen molar-refractivity contribution < 1.29 is 28.2 Å². The van der Waals surface area contributed by atoms with Gasteiger partial charge in [-0.2, -0.15) is 0 Å². The molecule has 0 aliphatic rings. The summed E-state index contributed by atoms with van der Waals surface area (Å²) in [7, 11) is 1.45. The highest BCUT2D eigenvalue weighted by Crippen LogP contribution is 2.40. The molecule has 8 nitrogen and oxygen atoms in total. The number of anilines is 1. The number of nitrogens with zero attached hydrogens (tertiary/aromatic N) is 1. The zero-order valence-electron chi connectivity index (χ0n) is 23.0. The van der Waals surface area contributed by atoms with Crippen molar-refractivity contribution in [2.45, 2.75) is 12.3 Å². The van der Waals surface area contributed by atoms with E-state index >= 15 is 4.39 Å². The smallest absolute Gasteiger partial charge is 0.241 e. The third-order valence-electron chi connectivity index (χ3n) is 6.46. The van der Waals surface area contributed by atoms with E-state index in [1.165, 1.54) is 30.6 Å². The molecule has 43 heavy (non-hydrogen) atoms. The van der Waals surface area contributed by atoms with Crippen molar-refractivity contribution in [1.29, 1.82) is 0 Å². The number of hydrogen-bond acceptors (Lipinski definition) is 7. The van der Waals surface area contributed by atoms with Crippen LogP contribution in [0, 0.1) is 5.82 Å². The number of pyridine rings is 1. The molecule has 2 aromatic heterocycles. The number of methoxy groups -OCH3 is 1. The van der Waals surface area contributed by atoms with Crippen LogP contribution in [0.4, 0.5) is 10.1 Å². The van der Waals surface area contributed by atoms with Gasteiger partial charge in [-0.25, -0.2) is 4.39 Å². The lowest BCUT2D eigenvalue weighted by Crippen LogP contribution is -2.32. The van der Waals surface area contributed by atoms with Crippen molar-refractivity contribution in [3.8, 4) is 33.4 Å². The van der Waals surface area contributed by atoms with Crippen LogP contribution < -0.4 is 25.3 Å². The Balaban J connectivity index is 1.38. The summed E-state index contributed by atoms with van der Waals surface area (Å²) in [5.41, 5.74) is 7.61. The van der Waals surface area contributed by atoms with Crippen LogP contribution in [0.25, 0.3) is 20.7 Å². The van der Waals surface area contributed by atoms with Crippen molar-refractivity contribution in [3.63, 3.8) is 0 Å². The topological polar surface area (TPSA) is 113 Å². The Morgan fingerprint density at radius 2 is 1.86 bits per heavy atom. The predicted octanol–water partition coefficient (Wildman–Crippen LogP) is 7.12. The van der Waals surface area contributed by atoms with Crippen LogP contribution in [0.2, 0.25) is 0 Å². The number of rotatable bonds is 12. The average Bonchev–Trinajstić information content (AvgIpc) is 3.45. The number of halogens is 2. The first-order chi connectivity index (χ1) is 20.9. The number of thiophene rings is 1.